The molecule has 2 aliphatic heterocycles. The number of anilines is 1. The van der Waals surface area contributed by atoms with Gasteiger partial charge in [0.2, 0.25) is 10.0 Å². The van der Waals surface area contributed by atoms with Crippen molar-refractivity contribution in [2.75, 3.05) is 24.2 Å². The van der Waals surface area contributed by atoms with Crippen LogP contribution in [0.5, 0.6) is 0 Å². The number of rotatable bonds is 4. The molecule has 0 bridgehead atoms. The molecule has 0 saturated carbocycles. The Bertz CT molecular complexity index is 623. The lowest BCUT2D eigenvalue weighted by Crippen LogP contribution is -2.36. The minimum Gasteiger partial charge on any atom is -0.385 e. The average Bonchev–Trinajstić information content (AvgIpc) is 2.92. The van der Waals surface area contributed by atoms with Crippen LogP contribution in [0.2, 0.25) is 0 Å². The molecule has 0 aliphatic carbocycles. The van der Waals surface area contributed by atoms with Gasteiger partial charge in [-0.15, -0.1) is 0 Å². The molecule has 0 aromatic heterocycles. The quantitative estimate of drug-likeness (QED) is 0.893. The molecule has 6 heteroatoms. The van der Waals surface area contributed by atoms with Gasteiger partial charge in [0, 0.05) is 23.5 Å². The van der Waals surface area contributed by atoms with E-state index in [1.165, 1.54) is 6.42 Å². The summed E-state index contributed by atoms with van der Waals surface area (Å²) in [5, 5.41) is 3.31. The molecule has 3 rings (SSSR count). The highest BCUT2D eigenvalue weighted by Gasteiger charge is 2.31. The molecule has 1 aromatic rings. The predicted molar refractivity (Wildman–Crippen MR) is 88.5 cm³/mol. The first-order valence-electron chi connectivity index (χ1n) is 7.49. The predicted octanol–water partition coefficient (Wildman–Crippen LogP) is 2.61. The van der Waals surface area contributed by atoms with Crippen molar-refractivity contribution in [1.29, 1.82) is 0 Å². The van der Waals surface area contributed by atoms with Gasteiger partial charge in [0.1, 0.15) is 0 Å². The summed E-state index contributed by atoms with van der Waals surface area (Å²) in [5.74, 6) is 1.13. The molecule has 1 atom stereocenters. The fourth-order valence-corrected chi connectivity index (χ4v) is 5.48. The first kappa shape index (κ1) is 15.2. The zero-order valence-electron chi connectivity index (χ0n) is 12.3. The van der Waals surface area contributed by atoms with Crippen LogP contribution in [0, 0.1) is 0 Å². The van der Waals surface area contributed by atoms with Crippen LogP contribution in [0.3, 0.4) is 0 Å². The Morgan fingerprint density at radius 3 is 3.00 bits per heavy atom. The molecular formula is C15H22N2O2S2. The van der Waals surface area contributed by atoms with E-state index in [1.807, 2.05) is 23.9 Å². The van der Waals surface area contributed by atoms with Crippen molar-refractivity contribution in [2.45, 2.75) is 42.2 Å². The maximum absolute atomic E-state index is 12.5. The van der Waals surface area contributed by atoms with Crippen molar-refractivity contribution in [2.24, 2.45) is 0 Å². The molecule has 2 aliphatic rings. The highest BCUT2D eigenvalue weighted by Crippen LogP contribution is 2.37. The van der Waals surface area contributed by atoms with Crippen LogP contribution >= 0.6 is 11.8 Å². The summed E-state index contributed by atoms with van der Waals surface area (Å²) in [7, 11) is -3.41. The second-order valence-electron chi connectivity index (χ2n) is 6.08. The molecule has 2 heterocycles. The lowest BCUT2D eigenvalue weighted by atomic mass is 10.0. The lowest BCUT2D eigenvalue weighted by molar-refractivity contribution is 0.552. The molecule has 1 fully saturated rings. The zero-order chi connectivity index (χ0) is 14.9. The Morgan fingerprint density at radius 1 is 1.38 bits per heavy atom. The number of aryl methyl sites for hydroxylation is 1. The van der Waals surface area contributed by atoms with Gasteiger partial charge < -0.3 is 5.32 Å². The third-order valence-electron chi connectivity index (χ3n) is 4.26. The van der Waals surface area contributed by atoms with Gasteiger partial charge >= 0.3 is 0 Å². The van der Waals surface area contributed by atoms with E-state index in [-0.39, 0.29) is 4.75 Å². The maximum atomic E-state index is 12.5. The first-order chi connectivity index (χ1) is 9.99. The standard InChI is InChI=1S/C15H22N2O2S2/c1-15(7-3-9-20-15)11-17-21(18,19)13-5-6-14-12(10-13)4-2-8-16-14/h5-6,10,16-17H,2-4,7-9,11H2,1H3. The number of fused-ring (bicyclic) bond motifs is 1. The fourth-order valence-electron chi connectivity index (χ4n) is 2.93. The van der Waals surface area contributed by atoms with Gasteiger partial charge in [-0.05, 0) is 62.1 Å². The van der Waals surface area contributed by atoms with Gasteiger partial charge in [-0.2, -0.15) is 11.8 Å². The number of nitrogens with one attached hydrogen (secondary N) is 2. The van der Waals surface area contributed by atoms with E-state index in [1.54, 1.807) is 6.07 Å². The van der Waals surface area contributed by atoms with Gasteiger partial charge in [-0.25, -0.2) is 13.1 Å². The maximum Gasteiger partial charge on any atom is 0.240 e. The Balaban J connectivity index is 1.75. The van der Waals surface area contributed by atoms with Crippen molar-refractivity contribution in [1.82, 2.24) is 4.72 Å². The van der Waals surface area contributed by atoms with Gasteiger partial charge in [0.15, 0.2) is 0 Å². The van der Waals surface area contributed by atoms with E-state index >= 15 is 0 Å². The fraction of sp³-hybridized carbons (Fsp3) is 0.600. The number of hydrogen-bond donors (Lipinski definition) is 2. The summed E-state index contributed by atoms with van der Waals surface area (Å²) in [6.45, 7) is 3.62. The smallest absolute Gasteiger partial charge is 0.240 e. The van der Waals surface area contributed by atoms with Crippen LogP contribution in [0.4, 0.5) is 5.69 Å². The largest absolute Gasteiger partial charge is 0.385 e. The summed E-state index contributed by atoms with van der Waals surface area (Å²) in [5.41, 5.74) is 2.17. The lowest BCUT2D eigenvalue weighted by Gasteiger charge is -2.23. The van der Waals surface area contributed by atoms with Gasteiger partial charge in [-0.3, -0.25) is 0 Å². The van der Waals surface area contributed by atoms with Crippen LogP contribution in [0.15, 0.2) is 23.1 Å². The van der Waals surface area contributed by atoms with Crippen LogP contribution in [-0.4, -0.2) is 32.0 Å². The highest BCUT2D eigenvalue weighted by atomic mass is 32.2. The summed E-state index contributed by atoms with van der Waals surface area (Å²) in [6.07, 6.45) is 4.25. The first-order valence-corrected chi connectivity index (χ1v) is 9.96. The molecule has 116 valence electrons. The second kappa shape index (κ2) is 5.82. The van der Waals surface area contributed by atoms with Gasteiger partial charge in [0.25, 0.3) is 0 Å². The molecule has 21 heavy (non-hydrogen) atoms. The van der Waals surface area contributed by atoms with E-state index in [0.717, 1.165) is 42.8 Å². The molecular weight excluding hydrogens is 304 g/mol. The third-order valence-corrected chi connectivity index (χ3v) is 7.20. The molecule has 2 N–H and O–H groups in total. The SMILES string of the molecule is CC1(CNS(=O)(=O)c2ccc3c(c2)CCCN3)CCCS1. The number of sulfonamides is 1. The highest BCUT2D eigenvalue weighted by molar-refractivity contribution is 8.01. The van der Waals surface area contributed by atoms with E-state index in [2.05, 4.69) is 17.0 Å². The van der Waals surface area contributed by atoms with Crippen LogP contribution in [-0.2, 0) is 16.4 Å². The Hall–Kier alpha value is -0.720. The summed E-state index contributed by atoms with van der Waals surface area (Å²) < 4.78 is 27.8. The summed E-state index contributed by atoms with van der Waals surface area (Å²) >= 11 is 1.87. The van der Waals surface area contributed by atoms with Crippen molar-refractivity contribution < 1.29 is 8.42 Å². The third kappa shape index (κ3) is 3.38. The minimum absolute atomic E-state index is 0.0445. The molecule has 0 spiro atoms. The normalized spacial score (nSPS) is 25.4. The molecule has 1 aromatic carbocycles. The monoisotopic (exact) mass is 326 g/mol. The second-order valence-corrected chi connectivity index (χ2v) is 9.53. The van der Waals surface area contributed by atoms with Crippen molar-refractivity contribution in [3.05, 3.63) is 23.8 Å². The van der Waals surface area contributed by atoms with E-state index in [4.69, 9.17) is 0 Å². The Labute approximate surface area is 131 Å². The van der Waals surface area contributed by atoms with Crippen LogP contribution < -0.4 is 10.0 Å². The van der Waals surface area contributed by atoms with Crippen molar-refractivity contribution >= 4 is 27.5 Å². The van der Waals surface area contributed by atoms with E-state index in [0.29, 0.717) is 11.4 Å². The number of hydrogen-bond acceptors (Lipinski definition) is 4. The Kier molecular flexibility index (Phi) is 4.21. The number of thioether (sulfide) groups is 1. The summed E-state index contributed by atoms with van der Waals surface area (Å²) in [4.78, 5) is 0.386. The summed E-state index contributed by atoms with van der Waals surface area (Å²) in [6, 6.07) is 5.40. The van der Waals surface area contributed by atoms with Crippen LogP contribution in [0.25, 0.3) is 0 Å². The molecule has 1 saturated heterocycles. The van der Waals surface area contributed by atoms with Gasteiger partial charge in [0.05, 0.1) is 4.90 Å². The van der Waals surface area contributed by atoms with Crippen molar-refractivity contribution in [3.8, 4) is 0 Å². The molecule has 0 amide bonds. The molecule has 1 unspecified atom stereocenters. The van der Waals surface area contributed by atoms with E-state index in [9.17, 15) is 8.42 Å². The van der Waals surface area contributed by atoms with Gasteiger partial charge in [-0.1, -0.05) is 0 Å². The van der Waals surface area contributed by atoms with Crippen molar-refractivity contribution in [3.63, 3.8) is 0 Å². The van der Waals surface area contributed by atoms with E-state index < -0.39 is 10.0 Å². The average molecular weight is 326 g/mol. The zero-order valence-corrected chi connectivity index (χ0v) is 13.9. The topological polar surface area (TPSA) is 58.2 Å². The molecule has 0 radical (unpaired) electrons. The Morgan fingerprint density at radius 2 is 2.24 bits per heavy atom. The number of benzene rings is 1. The van der Waals surface area contributed by atoms with Crippen LogP contribution in [0.1, 0.15) is 31.7 Å². The minimum atomic E-state index is -3.41. The molecule has 4 nitrogen and oxygen atoms in total.